The molecule has 0 aliphatic heterocycles. The maximum Gasteiger partial charge on any atom is 0.336 e. The predicted octanol–water partition coefficient (Wildman–Crippen LogP) is 4.65. The fourth-order valence-electron chi connectivity index (χ4n) is 3.99. The molecule has 0 spiro atoms. The number of phenols is 1. The van der Waals surface area contributed by atoms with Gasteiger partial charge in [0.15, 0.2) is 0 Å². The number of halogens is 1. The largest absolute Gasteiger partial charge is 0.507 e. The zero-order valence-electron chi connectivity index (χ0n) is 15.3. The predicted molar refractivity (Wildman–Crippen MR) is 110 cm³/mol. The molecule has 0 saturated carbocycles. The van der Waals surface area contributed by atoms with Crippen LogP contribution in [-0.2, 0) is 19.4 Å². The standard InChI is InChI=1S/C22H23NO3.ClH/c1-2-14-12-21(25)26-22-17(14)10-11-20(24)18(22)13-23-19-9-5-7-15-6-3-4-8-16(15)19;/h3-4,6,8,10-12,19,23-24H,2,5,7,9,13H2,1H3;1H. The third-order valence-corrected chi connectivity index (χ3v) is 5.35. The van der Waals surface area contributed by atoms with Crippen molar-refractivity contribution in [2.24, 2.45) is 0 Å². The van der Waals surface area contributed by atoms with Gasteiger partial charge in [-0.05, 0) is 54.5 Å². The number of hydrogen-bond acceptors (Lipinski definition) is 4. The van der Waals surface area contributed by atoms with E-state index in [9.17, 15) is 9.90 Å². The van der Waals surface area contributed by atoms with Crippen molar-refractivity contribution >= 4 is 23.4 Å². The molecule has 1 aliphatic carbocycles. The summed E-state index contributed by atoms with van der Waals surface area (Å²) in [4.78, 5) is 11.9. The van der Waals surface area contributed by atoms with Crippen molar-refractivity contribution in [2.75, 3.05) is 0 Å². The van der Waals surface area contributed by atoms with Gasteiger partial charge in [-0.25, -0.2) is 4.79 Å². The van der Waals surface area contributed by atoms with Crippen LogP contribution < -0.4 is 10.9 Å². The van der Waals surface area contributed by atoms with E-state index in [1.54, 1.807) is 6.07 Å². The molecule has 0 saturated heterocycles. The molecule has 3 aromatic rings. The summed E-state index contributed by atoms with van der Waals surface area (Å²) in [5.41, 5.74) is 4.43. The van der Waals surface area contributed by atoms with Crippen LogP contribution in [0.5, 0.6) is 5.75 Å². The van der Waals surface area contributed by atoms with Crippen LogP contribution in [0.3, 0.4) is 0 Å². The summed E-state index contributed by atoms with van der Waals surface area (Å²) in [6, 6.07) is 13.8. The van der Waals surface area contributed by atoms with Crippen LogP contribution in [0, 0.1) is 0 Å². The lowest BCUT2D eigenvalue weighted by Gasteiger charge is -2.26. The first-order valence-electron chi connectivity index (χ1n) is 9.26. The highest BCUT2D eigenvalue weighted by molar-refractivity contribution is 5.85. The maximum absolute atomic E-state index is 11.9. The molecule has 4 rings (SSSR count). The highest BCUT2D eigenvalue weighted by Gasteiger charge is 2.20. The molecule has 1 aliphatic rings. The Labute approximate surface area is 164 Å². The highest BCUT2D eigenvalue weighted by atomic mass is 35.5. The van der Waals surface area contributed by atoms with Crippen LogP contribution in [0.25, 0.3) is 11.0 Å². The van der Waals surface area contributed by atoms with Crippen LogP contribution in [0.4, 0.5) is 0 Å². The fourth-order valence-corrected chi connectivity index (χ4v) is 3.99. The molecule has 1 atom stereocenters. The average molecular weight is 386 g/mol. The summed E-state index contributed by atoms with van der Waals surface area (Å²) in [5, 5.41) is 14.8. The van der Waals surface area contributed by atoms with Gasteiger partial charge in [0.05, 0.1) is 5.56 Å². The minimum atomic E-state index is -0.371. The lowest BCUT2D eigenvalue weighted by Crippen LogP contribution is -2.25. The van der Waals surface area contributed by atoms with E-state index in [1.807, 2.05) is 13.0 Å². The van der Waals surface area contributed by atoms with Gasteiger partial charge in [-0.1, -0.05) is 31.2 Å². The van der Waals surface area contributed by atoms with E-state index in [-0.39, 0.29) is 29.8 Å². The molecule has 1 aromatic heterocycles. The van der Waals surface area contributed by atoms with Gasteiger partial charge in [0.25, 0.3) is 0 Å². The molecule has 1 unspecified atom stereocenters. The first kappa shape index (κ1) is 19.5. The van der Waals surface area contributed by atoms with E-state index >= 15 is 0 Å². The summed E-state index contributed by atoms with van der Waals surface area (Å²) in [6.45, 7) is 2.47. The van der Waals surface area contributed by atoms with E-state index < -0.39 is 0 Å². The molecule has 2 N–H and O–H groups in total. The van der Waals surface area contributed by atoms with Crippen molar-refractivity contribution in [3.05, 3.63) is 75.1 Å². The van der Waals surface area contributed by atoms with Gasteiger partial charge >= 0.3 is 5.63 Å². The first-order valence-corrected chi connectivity index (χ1v) is 9.26. The van der Waals surface area contributed by atoms with Gasteiger partial charge < -0.3 is 14.8 Å². The number of benzene rings is 2. The molecule has 27 heavy (non-hydrogen) atoms. The van der Waals surface area contributed by atoms with Crippen molar-refractivity contribution in [2.45, 2.75) is 45.2 Å². The first-order chi connectivity index (χ1) is 12.7. The third kappa shape index (κ3) is 3.73. The number of rotatable bonds is 4. The average Bonchev–Trinajstić information content (AvgIpc) is 2.66. The minimum Gasteiger partial charge on any atom is -0.507 e. The number of fused-ring (bicyclic) bond motifs is 2. The Balaban J connectivity index is 0.00000210. The second-order valence-electron chi connectivity index (χ2n) is 6.91. The maximum atomic E-state index is 11.9. The molecule has 0 amide bonds. The van der Waals surface area contributed by atoms with Crippen molar-refractivity contribution < 1.29 is 9.52 Å². The zero-order valence-corrected chi connectivity index (χ0v) is 16.1. The summed E-state index contributed by atoms with van der Waals surface area (Å²) in [7, 11) is 0. The lowest BCUT2D eigenvalue weighted by atomic mass is 9.87. The van der Waals surface area contributed by atoms with Gasteiger partial charge in [0.2, 0.25) is 0 Å². The van der Waals surface area contributed by atoms with E-state index in [2.05, 4.69) is 29.6 Å². The van der Waals surface area contributed by atoms with Crippen LogP contribution in [0.15, 0.2) is 51.7 Å². The van der Waals surface area contributed by atoms with E-state index in [0.29, 0.717) is 17.7 Å². The van der Waals surface area contributed by atoms with Crippen molar-refractivity contribution in [1.82, 2.24) is 5.32 Å². The van der Waals surface area contributed by atoms with Crippen LogP contribution in [-0.4, -0.2) is 5.11 Å². The molecular weight excluding hydrogens is 362 g/mol. The number of hydrogen-bond donors (Lipinski definition) is 2. The van der Waals surface area contributed by atoms with Crippen molar-refractivity contribution in [3.63, 3.8) is 0 Å². The Morgan fingerprint density at radius 1 is 1.22 bits per heavy atom. The summed E-state index contributed by atoms with van der Waals surface area (Å²) < 4.78 is 5.47. The topological polar surface area (TPSA) is 62.5 Å². The SMILES string of the molecule is CCc1cc(=O)oc2c(CNC3CCCc4ccccc43)c(O)ccc12.Cl. The van der Waals surface area contributed by atoms with Crippen molar-refractivity contribution in [1.29, 1.82) is 0 Å². The van der Waals surface area contributed by atoms with E-state index in [1.165, 1.54) is 17.2 Å². The highest BCUT2D eigenvalue weighted by Crippen LogP contribution is 2.32. The molecule has 4 nitrogen and oxygen atoms in total. The van der Waals surface area contributed by atoms with Crippen LogP contribution >= 0.6 is 12.4 Å². The number of aryl methyl sites for hydroxylation is 2. The van der Waals surface area contributed by atoms with Gasteiger partial charge in [-0.2, -0.15) is 0 Å². The van der Waals surface area contributed by atoms with Crippen LogP contribution in [0.2, 0.25) is 0 Å². The minimum absolute atomic E-state index is 0. The molecule has 142 valence electrons. The smallest absolute Gasteiger partial charge is 0.336 e. The molecule has 0 bridgehead atoms. The Morgan fingerprint density at radius 3 is 2.85 bits per heavy atom. The zero-order chi connectivity index (χ0) is 18.1. The summed E-state index contributed by atoms with van der Waals surface area (Å²) >= 11 is 0. The number of nitrogens with one attached hydrogen (secondary N) is 1. The molecule has 0 fully saturated rings. The molecule has 1 heterocycles. The van der Waals surface area contributed by atoms with Crippen molar-refractivity contribution in [3.8, 4) is 5.75 Å². The Bertz CT molecular complexity index is 1010. The normalized spacial score (nSPS) is 16.0. The molecule has 0 radical (unpaired) electrons. The summed E-state index contributed by atoms with van der Waals surface area (Å²) in [5.74, 6) is 0.158. The monoisotopic (exact) mass is 385 g/mol. The summed E-state index contributed by atoms with van der Waals surface area (Å²) in [6.07, 6.45) is 4.07. The van der Waals surface area contributed by atoms with Gasteiger partial charge in [0.1, 0.15) is 11.3 Å². The number of aromatic hydroxyl groups is 1. The van der Waals surface area contributed by atoms with Gasteiger partial charge in [0, 0.05) is 24.0 Å². The Kier molecular flexibility index (Phi) is 5.88. The van der Waals surface area contributed by atoms with Gasteiger partial charge in [-0.3, -0.25) is 0 Å². The Morgan fingerprint density at radius 2 is 2.04 bits per heavy atom. The fraction of sp³-hybridized carbons (Fsp3) is 0.318. The quantitative estimate of drug-likeness (QED) is 0.642. The molecular formula is C22H24ClNO3. The van der Waals surface area contributed by atoms with E-state index in [0.717, 1.165) is 36.6 Å². The number of phenolic OH excluding ortho intramolecular Hbond substituents is 1. The molecule has 5 heteroatoms. The Hall–Kier alpha value is -2.30. The van der Waals surface area contributed by atoms with Crippen LogP contribution in [0.1, 0.15) is 48.1 Å². The molecule has 2 aromatic carbocycles. The van der Waals surface area contributed by atoms with E-state index in [4.69, 9.17) is 4.42 Å². The second-order valence-corrected chi connectivity index (χ2v) is 6.91. The van der Waals surface area contributed by atoms with Gasteiger partial charge in [-0.15, -0.1) is 12.4 Å². The lowest BCUT2D eigenvalue weighted by molar-refractivity contribution is 0.434. The third-order valence-electron chi connectivity index (χ3n) is 5.35. The second kappa shape index (κ2) is 8.15.